The molecule has 1 amide bonds. The number of fused-ring (bicyclic) bond motifs is 1. The second-order valence-electron chi connectivity index (χ2n) is 7.49. The summed E-state index contributed by atoms with van der Waals surface area (Å²) in [5.74, 6) is 0.707. The number of aromatic nitrogens is 4. The van der Waals surface area contributed by atoms with Gasteiger partial charge in [-0.2, -0.15) is 0 Å². The number of ether oxygens (including phenoxy) is 1. The molecule has 1 fully saturated rings. The monoisotopic (exact) mass is 399 g/mol. The first kappa shape index (κ1) is 18.3. The van der Waals surface area contributed by atoms with E-state index in [1.165, 1.54) is 6.33 Å². The number of rotatable bonds is 5. The van der Waals surface area contributed by atoms with Crippen molar-refractivity contribution in [3.63, 3.8) is 0 Å². The highest BCUT2D eigenvalue weighted by Crippen LogP contribution is 2.29. The molecule has 7 heteroatoms. The van der Waals surface area contributed by atoms with Gasteiger partial charge in [-0.3, -0.25) is 9.36 Å². The van der Waals surface area contributed by atoms with Crippen molar-refractivity contribution >= 4 is 17.1 Å². The number of nitrogens with one attached hydrogen (secondary N) is 1. The van der Waals surface area contributed by atoms with Crippen LogP contribution in [0.1, 0.15) is 28.8 Å². The summed E-state index contributed by atoms with van der Waals surface area (Å²) in [6, 6.07) is 13.7. The second-order valence-corrected chi connectivity index (χ2v) is 7.49. The van der Waals surface area contributed by atoms with Gasteiger partial charge in [0.05, 0.1) is 12.8 Å². The molecule has 1 saturated carbocycles. The van der Waals surface area contributed by atoms with Crippen LogP contribution < -0.4 is 10.1 Å². The van der Waals surface area contributed by atoms with Crippen molar-refractivity contribution < 1.29 is 9.53 Å². The van der Waals surface area contributed by atoms with Gasteiger partial charge in [-0.15, -0.1) is 0 Å². The zero-order valence-corrected chi connectivity index (χ0v) is 16.8. The zero-order valence-electron chi connectivity index (χ0n) is 16.8. The minimum atomic E-state index is -0.0464. The van der Waals surface area contributed by atoms with Crippen LogP contribution >= 0.6 is 0 Å². The predicted octanol–water partition coefficient (Wildman–Crippen LogP) is 3.69. The summed E-state index contributed by atoms with van der Waals surface area (Å²) in [4.78, 5) is 26.1. The van der Waals surface area contributed by atoms with Crippen LogP contribution in [0, 0.1) is 6.92 Å². The van der Waals surface area contributed by atoms with Gasteiger partial charge >= 0.3 is 0 Å². The number of hydrogen-bond acceptors (Lipinski definition) is 5. The number of carbonyl (C=O) groups excluding carboxylic acids is 1. The molecule has 0 spiro atoms. The molecule has 30 heavy (non-hydrogen) atoms. The van der Waals surface area contributed by atoms with E-state index in [9.17, 15) is 4.79 Å². The molecule has 0 aliphatic heterocycles. The van der Waals surface area contributed by atoms with Crippen LogP contribution in [0.4, 0.5) is 0 Å². The van der Waals surface area contributed by atoms with Crippen LogP contribution in [0.3, 0.4) is 0 Å². The Bertz CT molecular complexity index is 1260. The van der Waals surface area contributed by atoms with Crippen LogP contribution in [-0.4, -0.2) is 38.6 Å². The molecule has 0 atom stereocenters. The van der Waals surface area contributed by atoms with Crippen molar-refractivity contribution in [2.75, 3.05) is 7.11 Å². The maximum Gasteiger partial charge on any atom is 0.251 e. The lowest BCUT2D eigenvalue weighted by Crippen LogP contribution is -2.25. The SMILES string of the molecule is COc1cccc(-c2ncnc3c2ncn3-c2cc(C(=O)NC3CC3)ccc2C)c1. The average Bonchev–Trinajstić information content (AvgIpc) is 3.49. The summed E-state index contributed by atoms with van der Waals surface area (Å²) in [5, 5.41) is 3.04. The molecule has 7 nitrogen and oxygen atoms in total. The van der Waals surface area contributed by atoms with E-state index in [4.69, 9.17) is 4.74 Å². The highest BCUT2D eigenvalue weighted by atomic mass is 16.5. The van der Waals surface area contributed by atoms with Crippen LogP contribution in [0.2, 0.25) is 0 Å². The summed E-state index contributed by atoms with van der Waals surface area (Å²) in [6.07, 6.45) is 5.38. The Morgan fingerprint density at radius 3 is 2.80 bits per heavy atom. The van der Waals surface area contributed by atoms with Gasteiger partial charge in [0, 0.05) is 17.2 Å². The minimum absolute atomic E-state index is 0.0464. The minimum Gasteiger partial charge on any atom is -0.497 e. The first-order valence-electron chi connectivity index (χ1n) is 9.88. The van der Waals surface area contributed by atoms with Crippen LogP contribution in [0.5, 0.6) is 5.75 Å². The van der Waals surface area contributed by atoms with Gasteiger partial charge in [0.15, 0.2) is 5.65 Å². The number of imidazole rings is 1. The third-order valence-corrected chi connectivity index (χ3v) is 5.32. The van der Waals surface area contributed by atoms with Crippen molar-refractivity contribution in [3.8, 4) is 22.7 Å². The van der Waals surface area contributed by atoms with Gasteiger partial charge < -0.3 is 10.1 Å². The number of nitrogens with zero attached hydrogens (tertiary/aromatic N) is 4. The van der Waals surface area contributed by atoms with Crippen LogP contribution in [0.25, 0.3) is 28.1 Å². The maximum atomic E-state index is 12.5. The Hall–Kier alpha value is -3.74. The number of hydrogen-bond donors (Lipinski definition) is 1. The molecule has 2 aromatic carbocycles. The number of carbonyl (C=O) groups is 1. The van der Waals surface area contributed by atoms with E-state index >= 15 is 0 Å². The number of aryl methyl sites for hydroxylation is 1. The van der Waals surface area contributed by atoms with Gasteiger partial charge in [-0.1, -0.05) is 18.2 Å². The van der Waals surface area contributed by atoms with E-state index in [1.807, 2.05) is 54.0 Å². The van der Waals surface area contributed by atoms with Crippen LogP contribution in [0.15, 0.2) is 55.1 Å². The molecule has 4 aromatic rings. The normalized spacial score (nSPS) is 13.4. The van der Waals surface area contributed by atoms with Crippen molar-refractivity contribution in [2.24, 2.45) is 0 Å². The molecule has 1 aliphatic rings. The highest BCUT2D eigenvalue weighted by molar-refractivity contribution is 5.95. The first-order chi connectivity index (χ1) is 14.6. The van der Waals surface area contributed by atoms with Crippen molar-refractivity contribution in [2.45, 2.75) is 25.8 Å². The summed E-state index contributed by atoms with van der Waals surface area (Å²) >= 11 is 0. The van der Waals surface area contributed by atoms with E-state index in [0.29, 0.717) is 22.8 Å². The topological polar surface area (TPSA) is 81.9 Å². The molecular formula is C23H21N5O2. The molecule has 0 radical (unpaired) electrons. The number of amides is 1. The zero-order chi connectivity index (χ0) is 20.7. The predicted molar refractivity (Wildman–Crippen MR) is 114 cm³/mol. The van der Waals surface area contributed by atoms with Gasteiger partial charge in [-0.05, 0) is 49.6 Å². The smallest absolute Gasteiger partial charge is 0.251 e. The largest absolute Gasteiger partial charge is 0.497 e. The lowest BCUT2D eigenvalue weighted by Gasteiger charge is -2.11. The first-order valence-corrected chi connectivity index (χ1v) is 9.88. The quantitative estimate of drug-likeness (QED) is 0.553. The molecular weight excluding hydrogens is 378 g/mol. The molecule has 150 valence electrons. The third kappa shape index (κ3) is 3.28. The fourth-order valence-electron chi connectivity index (χ4n) is 3.50. The number of benzene rings is 2. The Morgan fingerprint density at radius 1 is 1.13 bits per heavy atom. The Kier molecular flexibility index (Phi) is 4.43. The molecule has 2 heterocycles. The fraction of sp³-hybridized carbons (Fsp3) is 0.217. The van der Waals surface area contributed by atoms with Gasteiger partial charge in [-0.25, -0.2) is 15.0 Å². The summed E-state index contributed by atoms with van der Waals surface area (Å²) < 4.78 is 7.25. The van der Waals surface area contributed by atoms with Crippen molar-refractivity contribution in [3.05, 3.63) is 66.2 Å². The highest BCUT2D eigenvalue weighted by Gasteiger charge is 2.24. The summed E-state index contributed by atoms with van der Waals surface area (Å²) in [5.41, 5.74) is 5.55. The molecule has 5 rings (SSSR count). The van der Waals surface area contributed by atoms with Gasteiger partial charge in [0.25, 0.3) is 5.91 Å². The fourth-order valence-corrected chi connectivity index (χ4v) is 3.50. The van der Waals surface area contributed by atoms with Crippen molar-refractivity contribution in [1.82, 2.24) is 24.8 Å². The van der Waals surface area contributed by atoms with Gasteiger partial charge in [0.2, 0.25) is 0 Å². The third-order valence-electron chi connectivity index (χ3n) is 5.32. The Morgan fingerprint density at radius 2 is 2.00 bits per heavy atom. The number of methoxy groups -OCH3 is 1. The molecule has 0 unspecified atom stereocenters. The van der Waals surface area contributed by atoms with Crippen molar-refractivity contribution in [1.29, 1.82) is 0 Å². The maximum absolute atomic E-state index is 12.5. The standard InChI is InChI=1S/C23H21N5O2/c1-14-6-7-16(23(29)27-17-8-9-17)11-19(14)28-13-26-21-20(24-12-25-22(21)28)15-4-3-5-18(10-15)30-2/h3-7,10-13,17H,8-9H2,1-2H3,(H,27,29). The second kappa shape index (κ2) is 7.26. The Balaban J connectivity index is 1.60. The van der Waals surface area contributed by atoms with Crippen LogP contribution in [-0.2, 0) is 0 Å². The Labute approximate surface area is 173 Å². The lowest BCUT2D eigenvalue weighted by molar-refractivity contribution is 0.0951. The van der Waals surface area contributed by atoms with E-state index in [0.717, 1.165) is 41.1 Å². The van der Waals surface area contributed by atoms with E-state index in [1.54, 1.807) is 13.4 Å². The van der Waals surface area contributed by atoms with E-state index in [2.05, 4.69) is 20.3 Å². The molecule has 2 aromatic heterocycles. The van der Waals surface area contributed by atoms with Gasteiger partial charge in [0.1, 0.15) is 29.6 Å². The van der Waals surface area contributed by atoms with E-state index in [-0.39, 0.29) is 5.91 Å². The lowest BCUT2D eigenvalue weighted by atomic mass is 10.1. The molecule has 1 N–H and O–H groups in total. The summed E-state index contributed by atoms with van der Waals surface area (Å²) in [7, 11) is 1.64. The summed E-state index contributed by atoms with van der Waals surface area (Å²) in [6.45, 7) is 2.01. The van der Waals surface area contributed by atoms with E-state index < -0.39 is 0 Å². The average molecular weight is 399 g/mol. The molecule has 0 saturated heterocycles. The molecule has 1 aliphatic carbocycles. The molecule has 0 bridgehead atoms.